The van der Waals surface area contributed by atoms with Crippen LogP contribution in [0.15, 0.2) is 9.59 Å². The lowest BCUT2D eigenvalue weighted by atomic mass is 9.92. The maximum absolute atomic E-state index is 11.6. The quantitative estimate of drug-likeness (QED) is 0.717. The van der Waals surface area contributed by atoms with Crippen LogP contribution in [0.2, 0.25) is 0 Å². The second kappa shape index (κ2) is 4.65. The fourth-order valence-electron chi connectivity index (χ4n) is 1.37. The molecule has 0 aliphatic carbocycles. The van der Waals surface area contributed by atoms with Crippen LogP contribution in [-0.4, -0.2) is 16.1 Å². The van der Waals surface area contributed by atoms with Crippen LogP contribution in [0.4, 0.5) is 11.5 Å². The van der Waals surface area contributed by atoms with Gasteiger partial charge in [-0.2, -0.15) is 0 Å². The molecular formula is C11H20N4O2. The molecule has 0 atom stereocenters. The molecule has 0 radical (unpaired) electrons. The minimum atomic E-state index is -0.506. The molecule has 4 N–H and O–H groups in total. The molecular weight excluding hydrogens is 220 g/mol. The number of nitrogens with two attached hydrogens (primary N) is 1. The summed E-state index contributed by atoms with van der Waals surface area (Å²) in [5.74, 6) is 0.160. The van der Waals surface area contributed by atoms with Gasteiger partial charge in [-0.05, 0) is 11.8 Å². The Morgan fingerprint density at radius 1 is 1.35 bits per heavy atom. The van der Waals surface area contributed by atoms with Gasteiger partial charge in [0.15, 0.2) is 0 Å². The molecule has 1 aromatic heterocycles. The van der Waals surface area contributed by atoms with E-state index in [1.54, 1.807) is 0 Å². The third-order valence-electron chi connectivity index (χ3n) is 2.55. The van der Waals surface area contributed by atoms with Gasteiger partial charge in [0, 0.05) is 13.6 Å². The first kappa shape index (κ1) is 13.3. The lowest BCUT2D eigenvalue weighted by molar-refractivity contribution is 0.389. The molecule has 0 aliphatic heterocycles. The molecule has 0 unspecified atom stereocenters. The highest BCUT2D eigenvalue weighted by Gasteiger charge is 2.12. The van der Waals surface area contributed by atoms with Crippen LogP contribution >= 0.6 is 0 Å². The molecule has 96 valence electrons. The smallest absolute Gasteiger partial charge is 0.329 e. The summed E-state index contributed by atoms with van der Waals surface area (Å²) < 4.78 is 1.21. The van der Waals surface area contributed by atoms with Gasteiger partial charge in [0.05, 0.1) is 0 Å². The molecule has 0 aliphatic rings. The minimum Gasteiger partial charge on any atom is -0.383 e. The summed E-state index contributed by atoms with van der Waals surface area (Å²) in [6.07, 6.45) is 0.898. The van der Waals surface area contributed by atoms with Crippen molar-refractivity contribution in [2.75, 3.05) is 17.6 Å². The molecule has 0 amide bonds. The Morgan fingerprint density at radius 2 is 1.94 bits per heavy atom. The molecule has 0 spiro atoms. The largest absolute Gasteiger partial charge is 0.383 e. The summed E-state index contributed by atoms with van der Waals surface area (Å²) in [6, 6.07) is 0. The van der Waals surface area contributed by atoms with Gasteiger partial charge in [-0.3, -0.25) is 14.3 Å². The lowest BCUT2D eigenvalue weighted by Gasteiger charge is -2.19. The van der Waals surface area contributed by atoms with Gasteiger partial charge in [0.1, 0.15) is 11.5 Å². The van der Waals surface area contributed by atoms with Crippen LogP contribution in [0, 0.1) is 5.41 Å². The zero-order valence-electron chi connectivity index (χ0n) is 10.8. The van der Waals surface area contributed by atoms with Crippen molar-refractivity contribution in [3.63, 3.8) is 0 Å². The van der Waals surface area contributed by atoms with E-state index in [1.165, 1.54) is 11.6 Å². The van der Waals surface area contributed by atoms with Gasteiger partial charge in [-0.1, -0.05) is 20.8 Å². The number of H-pyrrole nitrogens is 1. The zero-order valence-corrected chi connectivity index (χ0v) is 10.8. The van der Waals surface area contributed by atoms with Crippen LogP contribution < -0.4 is 22.3 Å². The molecule has 6 heteroatoms. The van der Waals surface area contributed by atoms with E-state index < -0.39 is 11.2 Å². The number of anilines is 2. The van der Waals surface area contributed by atoms with Crippen molar-refractivity contribution in [2.45, 2.75) is 27.2 Å². The zero-order chi connectivity index (χ0) is 13.2. The van der Waals surface area contributed by atoms with Gasteiger partial charge in [0.25, 0.3) is 5.56 Å². The van der Waals surface area contributed by atoms with Crippen molar-refractivity contribution in [3.05, 3.63) is 20.8 Å². The SMILES string of the molecule is Cn1c(N)c(NCCC(C)(C)C)c(=O)[nH]c1=O. The Labute approximate surface area is 99.8 Å². The van der Waals surface area contributed by atoms with Crippen molar-refractivity contribution in [2.24, 2.45) is 12.5 Å². The summed E-state index contributed by atoms with van der Waals surface area (Å²) in [4.78, 5) is 25.0. The fourth-order valence-corrected chi connectivity index (χ4v) is 1.37. The monoisotopic (exact) mass is 240 g/mol. The van der Waals surface area contributed by atoms with Crippen molar-refractivity contribution in [1.82, 2.24) is 9.55 Å². The second-order valence-corrected chi connectivity index (χ2v) is 5.32. The van der Waals surface area contributed by atoms with Gasteiger partial charge >= 0.3 is 5.69 Å². The predicted octanol–water partition coefficient (Wildman–Crippen LogP) is 0.504. The van der Waals surface area contributed by atoms with Crippen LogP contribution in [-0.2, 0) is 7.05 Å². The normalized spacial score (nSPS) is 11.5. The number of hydrogen-bond donors (Lipinski definition) is 3. The van der Waals surface area contributed by atoms with Crippen molar-refractivity contribution >= 4 is 11.5 Å². The van der Waals surface area contributed by atoms with Crippen molar-refractivity contribution in [1.29, 1.82) is 0 Å². The third kappa shape index (κ3) is 3.37. The first-order valence-electron chi connectivity index (χ1n) is 5.55. The Morgan fingerprint density at radius 3 is 2.47 bits per heavy atom. The number of aromatic amines is 1. The van der Waals surface area contributed by atoms with E-state index >= 15 is 0 Å². The molecule has 0 saturated heterocycles. The van der Waals surface area contributed by atoms with E-state index in [2.05, 4.69) is 31.1 Å². The highest BCUT2D eigenvalue weighted by atomic mass is 16.2. The summed E-state index contributed by atoms with van der Waals surface area (Å²) >= 11 is 0. The van der Waals surface area contributed by atoms with Crippen LogP contribution in [0.1, 0.15) is 27.2 Å². The fraction of sp³-hybridized carbons (Fsp3) is 0.636. The molecule has 1 aromatic rings. The number of nitrogens with zero attached hydrogens (tertiary/aromatic N) is 1. The Hall–Kier alpha value is -1.72. The van der Waals surface area contributed by atoms with E-state index in [1.807, 2.05) is 0 Å². The van der Waals surface area contributed by atoms with Gasteiger partial charge in [-0.25, -0.2) is 4.79 Å². The third-order valence-corrected chi connectivity index (χ3v) is 2.55. The summed E-state index contributed by atoms with van der Waals surface area (Å²) in [5.41, 5.74) is 5.17. The summed E-state index contributed by atoms with van der Waals surface area (Å²) in [7, 11) is 1.52. The Kier molecular flexibility index (Phi) is 3.65. The van der Waals surface area contributed by atoms with Gasteiger partial charge in [0.2, 0.25) is 0 Å². The molecule has 0 aromatic carbocycles. The van der Waals surface area contributed by atoms with Crippen LogP contribution in [0.25, 0.3) is 0 Å². The number of rotatable bonds is 3. The topological polar surface area (TPSA) is 92.9 Å². The highest BCUT2D eigenvalue weighted by Crippen LogP contribution is 2.18. The highest BCUT2D eigenvalue weighted by molar-refractivity contribution is 5.60. The molecule has 0 fully saturated rings. The first-order chi connectivity index (χ1) is 7.72. The van der Waals surface area contributed by atoms with E-state index in [9.17, 15) is 9.59 Å². The molecule has 1 heterocycles. The maximum atomic E-state index is 11.6. The van der Waals surface area contributed by atoms with Crippen molar-refractivity contribution < 1.29 is 0 Å². The molecule has 0 bridgehead atoms. The lowest BCUT2D eigenvalue weighted by Crippen LogP contribution is -2.33. The standard InChI is InChI=1S/C11H20N4O2/c1-11(2,3)5-6-13-7-8(12)15(4)10(17)14-9(7)16/h13H,5-6,12H2,1-4H3,(H,14,16,17). The van der Waals surface area contributed by atoms with Gasteiger partial charge < -0.3 is 11.1 Å². The number of aromatic nitrogens is 2. The molecule has 0 saturated carbocycles. The van der Waals surface area contributed by atoms with E-state index in [4.69, 9.17) is 5.73 Å². The average molecular weight is 240 g/mol. The van der Waals surface area contributed by atoms with Crippen LogP contribution in [0.5, 0.6) is 0 Å². The predicted molar refractivity (Wildman–Crippen MR) is 69.3 cm³/mol. The first-order valence-corrected chi connectivity index (χ1v) is 5.55. The Bertz CT molecular complexity index is 508. The van der Waals surface area contributed by atoms with E-state index in [0.29, 0.717) is 6.54 Å². The van der Waals surface area contributed by atoms with E-state index in [0.717, 1.165) is 6.42 Å². The van der Waals surface area contributed by atoms with Crippen LogP contribution in [0.3, 0.4) is 0 Å². The second-order valence-electron chi connectivity index (χ2n) is 5.32. The molecule has 6 nitrogen and oxygen atoms in total. The molecule has 1 rings (SSSR count). The summed E-state index contributed by atoms with van der Waals surface area (Å²) in [6.45, 7) is 6.98. The number of nitrogen functional groups attached to an aromatic ring is 1. The number of hydrogen-bond acceptors (Lipinski definition) is 4. The number of nitrogens with one attached hydrogen (secondary N) is 2. The Balaban J connectivity index is 2.90. The molecule has 17 heavy (non-hydrogen) atoms. The summed E-state index contributed by atoms with van der Waals surface area (Å²) in [5, 5.41) is 2.98. The average Bonchev–Trinajstić information content (AvgIpc) is 2.18. The minimum absolute atomic E-state index is 0.160. The van der Waals surface area contributed by atoms with E-state index in [-0.39, 0.29) is 16.9 Å². The maximum Gasteiger partial charge on any atom is 0.329 e. The van der Waals surface area contributed by atoms with Crippen molar-refractivity contribution in [3.8, 4) is 0 Å². The van der Waals surface area contributed by atoms with Gasteiger partial charge in [-0.15, -0.1) is 0 Å².